The highest BCUT2D eigenvalue weighted by Gasteiger charge is 2.31. The number of rotatable bonds is 8. The summed E-state index contributed by atoms with van der Waals surface area (Å²) < 4.78 is 72.7. The van der Waals surface area contributed by atoms with Crippen molar-refractivity contribution in [2.24, 2.45) is 0 Å². The summed E-state index contributed by atoms with van der Waals surface area (Å²) in [5.74, 6) is -0.262. The van der Waals surface area contributed by atoms with Gasteiger partial charge in [-0.15, -0.1) is 0 Å². The van der Waals surface area contributed by atoms with Crippen LogP contribution in [-0.2, 0) is 21.0 Å². The van der Waals surface area contributed by atoms with E-state index in [1.807, 2.05) is 6.07 Å². The van der Waals surface area contributed by atoms with Gasteiger partial charge in [0.2, 0.25) is 0 Å². The fourth-order valence-corrected chi connectivity index (χ4v) is 4.34. The highest BCUT2D eigenvalue weighted by atomic mass is 32.2. The lowest BCUT2D eigenvalue weighted by molar-refractivity contribution is 0.193. The summed E-state index contributed by atoms with van der Waals surface area (Å²) in [6.45, 7) is 1.07. The van der Waals surface area contributed by atoms with Crippen LogP contribution >= 0.6 is 0 Å². The lowest BCUT2D eigenvalue weighted by Gasteiger charge is -2.18. The molecule has 0 amide bonds. The standard InChI is InChI=1S/C21H23FN2O4S/c1-27-9-3-8-24-18-5-4-17-19(6-7-20(21(17)18)29(2,25)26)28-16-11-14(13-23)10-15(22)12-16/h6-7,10-12,18,24H,3-5,8-9H2,1-2H3/i2D3. The van der Waals surface area contributed by atoms with Gasteiger partial charge >= 0.3 is 0 Å². The Morgan fingerprint density at radius 3 is 2.93 bits per heavy atom. The van der Waals surface area contributed by atoms with Gasteiger partial charge in [0.05, 0.1) is 16.5 Å². The number of halogens is 1. The SMILES string of the molecule is [2H]C([2H])([2H])S(=O)(=O)c1ccc(Oc2cc(F)cc(C#N)c2)c2c1C(NCCCOC)CC2. The highest BCUT2D eigenvalue weighted by Crippen LogP contribution is 2.42. The predicted octanol–water partition coefficient (Wildman–Crippen LogP) is 3.51. The summed E-state index contributed by atoms with van der Waals surface area (Å²) in [6, 6.07) is 7.62. The first-order valence-electron chi connectivity index (χ1n) is 10.6. The molecule has 3 rings (SSSR count). The van der Waals surface area contributed by atoms with Crippen LogP contribution in [0.5, 0.6) is 11.5 Å². The minimum Gasteiger partial charge on any atom is -0.457 e. The van der Waals surface area contributed by atoms with E-state index >= 15 is 0 Å². The first-order chi connectivity index (χ1) is 15.1. The van der Waals surface area contributed by atoms with Crippen molar-refractivity contribution in [1.82, 2.24) is 5.32 Å². The van der Waals surface area contributed by atoms with Gasteiger partial charge < -0.3 is 14.8 Å². The lowest BCUT2D eigenvalue weighted by atomic mass is 10.1. The monoisotopic (exact) mass is 421 g/mol. The van der Waals surface area contributed by atoms with Crippen molar-refractivity contribution in [2.45, 2.75) is 30.2 Å². The van der Waals surface area contributed by atoms with Gasteiger partial charge in [0.25, 0.3) is 0 Å². The number of nitrogens with zero attached hydrogens (tertiary/aromatic N) is 1. The molecule has 29 heavy (non-hydrogen) atoms. The van der Waals surface area contributed by atoms with Crippen LogP contribution < -0.4 is 10.1 Å². The fourth-order valence-electron chi connectivity index (χ4n) is 3.54. The minimum atomic E-state index is -4.60. The topological polar surface area (TPSA) is 88.4 Å². The molecule has 0 spiro atoms. The van der Waals surface area contributed by atoms with Gasteiger partial charge in [0.15, 0.2) is 9.84 Å². The molecule has 0 aliphatic heterocycles. The zero-order chi connectivity index (χ0) is 23.5. The molecule has 1 N–H and O–H groups in total. The molecule has 1 aliphatic carbocycles. The molecule has 0 saturated heterocycles. The molecule has 6 nitrogen and oxygen atoms in total. The molecule has 0 aromatic heterocycles. The first-order valence-corrected chi connectivity index (χ1v) is 10.6. The minimum absolute atomic E-state index is 0.0796. The Balaban J connectivity index is 2.05. The molecule has 1 atom stereocenters. The van der Waals surface area contributed by atoms with Crippen molar-refractivity contribution in [3.63, 3.8) is 0 Å². The van der Waals surface area contributed by atoms with Gasteiger partial charge in [-0.05, 0) is 55.6 Å². The van der Waals surface area contributed by atoms with Gasteiger partial charge in [0, 0.05) is 41.7 Å². The molecule has 2 aromatic carbocycles. The molecule has 0 heterocycles. The van der Waals surface area contributed by atoms with Crippen LogP contribution in [0.2, 0.25) is 0 Å². The maximum absolute atomic E-state index is 13.8. The Kier molecular flexibility index (Phi) is 5.34. The van der Waals surface area contributed by atoms with E-state index in [0.717, 1.165) is 12.1 Å². The summed E-state index contributed by atoms with van der Waals surface area (Å²) in [7, 11) is -3.02. The number of hydrogen-bond acceptors (Lipinski definition) is 6. The van der Waals surface area contributed by atoms with E-state index in [1.54, 1.807) is 7.11 Å². The number of hydrogen-bond donors (Lipinski definition) is 1. The van der Waals surface area contributed by atoms with Crippen molar-refractivity contribution in [3.8, 4) is 17.6 Å². The molecule has 0 bridgehead atoms. The second-order valence-corrected chi connectivity index (χ2v) is 8.19. The number of fused-ring (bicyclic) bond motifs is 1. The molecule has 0 saturated carbocycles. The van der Waals surface area contributed by atoms with Crippen molar-refractivity contribution in [2.75, 3.05) is 26.4 Å². The Bertz CT molecular complexity index is 1150. The average molecular weight is 422 g/mol. The molecule has 0 fully saturated rings. The maximum atomic E-state index is 13.8. The van der Waals surface area contributed by atoms with E-state index in [-0.39, 0.29) is 22.3 Å². The van der Waals surface area contributed by atoms with E-state index in [4.69, 9.17) is 18.8 Å². The van der Waals surface area contributed by atoms with Crippen LogP contribution in [0.3, 0.4) is 0 Å². The van der Waals surface area contributed by atoms with Crippen LogP contribution in [0.25, 0.3) is 0 Å². The van der Waals surface area contributed by atoms with Gasteiger partial charge in [-0.3, -0.25) is 0 Å². The number of nitrogens with one attached hydrogen (secondary N) is 1. The summed E-state index contributed by atoms with van der Waals surface area (Å²) in [4.78, 5) is -0.265. The third kappa shape index (κ3) is 4.93. The molecular formula is C21H23FN2O4S. The quantitative estimate of drug-likeness (QED) is 0.656. The van der Waals surface area contributed by atoms with Crippen LogP contribution in [-0.4, -0.2) is 34.9 Å². The summed E-state index contributed by atoms with van der Waals surface area (Å²) in [5.41, 5.74) is 0.978. The van der Waals surface area contributed by atoms with Gasteiger partial charge in [-0.25, -0.2) is 12.8 Å². The van der Waals surface area contributed by atoms with Crippen LogP contribution in [0.4, 0.5) is 4.39 Å². The zero-order valence-electron chi connectivity index (χ0n) is 18.9. The van der Waals surface area contributed by atoms with E-state index in [2.05, 4.69) is 5.32 Å². The number of sulfone groups is 1. The molecule has 1 unspecified atom stereocenters. The second-order valence-electron chi connectivity index (χ2n) is 6.74. The molecular weight excluding hydrogens is 395 g/mol. The normalized spacial score (nSPS) is 17.7. The van der Waals surface area contributed by atoms with Crippen molar-refractivity contribution in [1.29, 1.82) is 5.26 Å². The number of nitriles is 1. The first kappa shape index (κ1) is 17.4. The van der Waals surface area contributed by atoms with Crippen LogP contribution in [0.1, 0.15) is 39.7 Å². The van der Waals surface area contributed by atoms with E-state index in [0.29, 0.717) is 49.3 Å². The van der Waals surface area contributed by atoms with Crippen LogP contribution in [0, 0.1) is 17.1 Å². The molecule has 1 aliphatic rings. The number of ether oxygens (including phenoxy) is 2. The molecule has 2 aromatic rings. The van der Waals surface area contributed by atoms with Crippen molar-refractivity contribution in [3.05, 3.63) is 52.8 Å². The molecule has 0 radical (unpaired) electrons. The van der Waals surface area contributed by atoms with Gasteiger partial charge in [-0.2, -0.15) is 5.26 Å². The Labute approximate surface area is 174 Å². The Morgan fingerprint density at radius 2 is 2.21 bits per heavy atom. The van der Waals surface area contributed by atoms with E-state index < -0.39 is 21.8 Å². The van der Waals surface area contributed by atoms with E-state index in [1.165, 1.54) is 18.2 Å². The van der Waals surface area contributed by atoms with Gasteiger partial charge in [0.1, 0.15) is 17.3 Å². The van der Waals surface area contributed by atoms with Crippen molar-refractivity contribution < 1.29 is 26.4 Å². The third-order valence-corrected chi connectivity index (χ3v) is 5.67. The van der Waals surface area contributed by atoms with E-state index in [9.17, 15) is 12.8 Å². The number of methoxy groups -OCH3 is 1. The summed E-state index contributed by atoms with van der Waals surface area (Å²) in [6.07, 6.45) is -1.53. The summed E-state index contributed by atoms with van der Waals surface area (Å²) in [5, 5.41) is 12.3. The largest absolute Gasteiger partial charge is 0.457 e. The third-order valence-electron chi connectivity index (χ3n) is 4.74. The highest BCUT2D eigenvalue weighted by molar-refractivity contribution is 7.90. The number of benzene rings is 2. The summed E-state index contributed by atoms with van der Waals surface area (Å²) >= 11 is 0. The maximum Gasteiger partial charge on any atom is 0.175 e. The zero-order valence-corrected chi connectivity index (χ0v) is 16.7. The Hall–Kier alpha value is -2.47. The molecule has 154 valence electrons. The second kappa shape index (κ2) is 8.91. The molecule has 8 heteroatoms. The van der Waals surface area contributed by atoms with Crippen molar-refractivity contribution >= 4 is 9.84 Å². The average Bonchev–Trinajstić information content (AvgIpc) is 3.14. The van der Waals surface area contributed by atoms with Crippen LogP contribution in [0.15, 0.2) is 35.2 Å². The predicted molar refractivity (Wildman–Crippen MR) is 106 cm³/mol. The Morgan fingerprint density at radius 1 is 1.38 bits per heavy atom. The fraction of sp³-hybridized carbons (Fsp3) is 0.381. The lowest BCUT2D eigenvalue weighted by Crippen LogP contribution is -2.23. The van der Waals surface area contributed by atoms with Gasteiger partial charge in [-0.1, -0.05) is 0 Å². The smallest absolute Gasteiger partial charge is 0.175 e.